The van der Waals surface area contributed by atoms with E-state index < -0.39 is 0 Å². The highest BCUT2D eigenvalue weighted by Crippen LogP contribution is 2.37. The van der Waals surface area contributed by atoms with Crippen LogP contribution < -0.4 is 10.6 Å². The molecule has 3 heterocycles. The Balaban J connectivity index is 1.29. The second-order valence-corrected chi connectivity index (χ2v) is 6.94. The quantitative estimate of drug-likeness (QED) is 0.879. The summed E-state index contributed by atoms with van der Waals surface area (Å²) in [6, 6.07) is 6.66. The van der Waals surface area contributed by atoms with Gasteiger partial charge in [-0.2, -0.15) is 5.10 Å². The zero-order valence-corrected chi connectivity index (χ0v) is 13.7. The van der Waals surface area contributed by atoms with Gasteiger partial charge in [0.25, 0.3) is 0 Å². The van der Waals surface area contributed by atoms with Gasteiger partial charge in [-0.25, -0.2) is 9.07 Å². The van der Waals surface area contributed by atoms with Gasteiger partial charge < -0.3 is 15.4 Å². The maximum absolute atomic E-state index is 13.8. The first-order valence-corrected chi connectivity index (χ1v) is 8.56. The molecule has 2 unspecified atom stereocenters. The van der Waals surface area contributed by atoms with Crippen LogP contribution in [0.4, 0.5) is 4.39 Å². The van der Waals surface area contributed by atoms with Crippen molar-refractivity contribution in [3.63, 3.8) is 0 Å². The molecule has 2 aromatic rings. The van der Waals surface area contributed by atoms with E-state index in [2.05, 4.69) is 15.7 Å². The van der Waals surface area contributed by atoms with Crippen LogP contribution in [0.3, 0.4) is 0 Å². The predicted molar refractivity (Wildman–Crippen MR) is 89.5 cm³/mol. The first kappa shape index (κ1) is 15.7. The van der Waals surface area contributed by atoms with Crippen LogP contribution in [0.5, 0.6) is 0 Å². The number of rotatable bonds is 5. The zero-order chi connectivity index (χ0) is 16.4. The van der Waals surface area contributed by atoms with Gasteiger partial charge in [-0.1, -0.05) is 12.1 Å². The highest BCUT2D eigenvalue weighted by Gasteiger charge is 2.41. The van der Waals surface area contributed by atoms with E-state index in [1.54, 1.807) is 23.0 Å². The predicted octanol–water partition coefficient (Wildman–Crippen LogP) is 1.87. The molecule has 2 saturated heterocycles. The van der Waals surface area contributed by atoms with E-state index in [1.165, 1.54) is 12.5 Å². The van der Waals surface area contributed by atoms with E-state index in [4.69, 9.17) is 4.74 Å². The lowest BCUT2D eigenvalue weighted by molar-refractivity contribution is 0.0966. The number of hydrogen-bond donors (Lipinski definition) is 2. The van der Waals surface area contributed by atoms with Gasteiger partial charge in [-0.15, -0.1) is 0 Å². The Morgan fingerprint density at radius 3 is 3.17 bits per heavy atom. The van der Waals surface area contributed by atoms with Crippen LogP contribution in [0, 0.1) is 11.2 Å². The summed E-state index contributed by atoms with van der Waals surface area (Å²) in [6.45, 7) is 4.61. The molecular formula is C18H23FN4O. The van der Waals surface area contributed by atoms with E-state index in [-0.39, 0.29) is 11.9 Å². The first-order chi connectivity index (χ1) is 11.7. The summed E-state index contributed by atoms with van der Waals surface area (Å²) in [5.74, 6) is -0.269. The second kappa shape index (κ2) is 6.63. The third-order valence-corrected chi connectivity index (χ3v) is 5.05. The molecule has 0 aliphatic carbocycles. The van der Waals surface area contributed by atoms with Gasteiger partial charge in [0.1, 0.15) is 11.5 Å². The van der Waals surface area contributed by atoms with Crippen LogP contribution in [0.15, 0.2) is 36.7 Å². The number of nitrogens with zero attached hydrogens (tertiary/aromatic N) is 2. The summed E-state index contributed by atoms with van der Waals surface area (Å²) in [5.41, 5.74) is 1.87. The first-order valence-electron chi connectivity index (χ1n) is 8.56. The Hall–Kier alpha value is -1.76. The van der Waals surface area contributed by atoms with Gasteiger partial charge in [-0.3, -0.25) is 0 Å². The van der Waals surface area contributed by atoms with Crippen molar-refractivity contribution in [2.75, 3.05) is 26.2 Å². The normalized spacial score (nSPS) is 26.5. The van der Waals surface area contributed by atoms with Crippen molar-refractivity contribution < 1.29 is 9.13 Å². The number of nitrogens with one attached hydrogen (secondary N) is 2. The van der Waals surface area contributed by atoms with Crippen LogP contribution in [-0.4, -0.2) is 42.1 Å². The third-order valence-electron chi connectivity index (χ3n) is 5.05. The van der Waals surface area contributed by atoms with Crippen molar-refractivity contribution in [1.29, 1.82) is 0 Å². The molecule has 2 atom stereocenters. The van der Waals surface area contributed by atoms with Crippen LogP contribution in [0.25, 0.3) is 5.69 Å². The summed E-state index contributed by atoms with van der Waals surface area (Å²) in [5, 5.41) is 11.1. The molecule has 0 saturated carbocycles. The summed E-state index contributed by atoms with van der Waals surface area (Å²) < 4.78 is 21.3. The molecular weight excluding hydrogens is 307 g/mol. The number of aromatic nitrogens is 2. The van der Waals surface area contributed by atoms with Crippen molar-refractivity contribution in [1.82, 2.24) is 20.4 Å². The SMILES string of the molecule is Fc1ccccc1-n1cc(CNCC2CC3(CCNC3)CO2)cn1. The summed E-state index contributed by atoms with van der Waals surface area (Å²) in [6.07, 6.45) is 6.27. The molecule has 0 amide bonds. The Morgan fingerprint density at radius 2 is 2.33 bits per heavy atom. The van der Waals surface area contributed by atoms with E-state index in [9.17, 15) is 4.39 Å². The molecule has 1 aromatic heterocycles. The number of hydrogen-bond acceptors (Lipinski definition) is 4. The molecule has 5 nitrogen and oxygen atoms in total. The van der Waals surface area contributed by atoms with Gasteiger partial charge in [0.15, 0.2) is 0 Å². The molecule has 2 fully saturated rings. The monoisotopic (exact) mass is 330 g/mol. The second-order valence-electron chi connectivity index (χ2n) is 6.94. The molecule has 6 heteroatoms. The third kappa shape index (κ3) is 3.22. The summed E-state index contributed by atoms with van der Waals surface area (Å²) in [4.78, 5) is 0. The molecule has 1 aromatic carbocycles. The lowest BCUT2D eigenvalue weighted by atomic mass is 9.85. The smallest absolute Gasteiger partial charge is 0.148 e. The average Bonchev–Trinajstić information content (AvgIpc) is 3.31. The van der Waals surface area contributed by atoms with Crippen LogP contribution in [0.1, 0.15) is 18.4 Å². The van der Waals surface area contributed by atoms with Crippen molar-refractivity contribution in [3.05, 3.63) is 48.0 Å². The molecule has 2 aliphatic heterocycles. The largest absolute Gasteiger partial charge is 0.376 e. The minimum Gasteiger partial charge on any atom is -0.376 e. The zero-order valence-electron chi connectivity index (χ0n) is 13.7. The lowest BCUT2D eigenvalue weighted by Crippen LogP contribution is -2.28. The van der Waals surface area contributed by atoms with Crippen LogP contribution in [-0.2, 0) is 11.3 Å². The minimum absolute atomic E-state index is 0.269. The summed E-state index contributed by atoms with van der Waals surface area (Å²) in [7, 11) is 0. The molecule has 4 rings (SSSR count). The molecule has 1 spiro atoms. The lowest BCUT2D eigenvalue weighted by Gasteiger charge is -2.18. The number of benzene rings is 1. The highest BCUT2D eigenvalue weighted by molar-refractivity contribution is 5.32. The molecule has 2 N–H and O–H groups in total. The maximum atomic E-state index is 13.8. The minimum atomic E-state index is -0.269. The van der Waals surface area contributed by atoms with Crippen molar-refractivity contribution in [2.45, 2.75) is 25.5 Å². The fourth-order valence-corrected chi connectivity index (χ4v) is 3.72. The Bertz CT molecular complexity index is 696. The van der Waals surface area contributed by atoms with Gasteiger partial charge in [0.2, 0.25) is 0 Å². The molecule has 0 radical (unpaired) electrons. The van der Waals surface area contributed by atoms with Crippen molar-refractivity contribution in [3.8, 4) is 5.69 Å². The van der Waals surface area contributed by atoms with Gasteiger partial charge >= 0.3 is 0 Å². The fraction of sp³-hybridized carbons (Fsp3) is 0.500. The Kier molecular flexibility index (Phi) is 4.35. The van der Waals surface area contributed by atoms with Gasteiger partial charge in [0, 0.05) is 36.8 Å². The van der Waals surface area contributed by atoms with Crippen molar-refractivity contribution >= 4 is 0 Å². The Morgan fingerprint density at radius 1 is 1.42 bits per heavy atom. The fourth-order valence-electron chi connectivity index (χ4n) is 3.72. The average molecular weight is 330 g/mol. The Labute approximate surface area is 141 Å². The molecule has 0 bridgehead atoms. The van der Waals surface area contributed by atoms with Crippen LogP contribution in [0.2, 0.25) is 0 Å². The number of ether oxygens (including phenoxy) is 1. The van der Waals surface area contributed by atoms with E-state index in [1.807, 2.05) is 12.3 Å². The number of halogens is 1. The van der Waals surface area contributed by atoms with Crippen LogP contribution >= 0.6 is 0 Å². The molecule has 2 aliphatic rings. The molecule has 128 valence electrons. The van der Waals surface area contributed by atoms with E-state index in [0.717, 1.165) is 38.2 Å². The van der Waals surface area contributed by atoms with E-state index >= 15 is 0 Å². The topological polar surface area (TPSA) is 51.1 Å². The summed E-state index contributed by atoms with van der Waals surface area (Å²) >= 11 is 0. The molecule has 24 heavy (non-hydrogen) atoms. The van der Waals surface area contributed by atoms with Gasteiger partial charge in [0.05, 0.1) is 18.9 Å². The van der Waals surface area contributed by atoms with E-state index in [0.29, 0.717) is 17.6 Å². The van der Waals surface area contributed by atoms with Gasteiger partial charge in [-0.05, 0) is 31.5 Å². The van der Waals surface area contributed by atoms with Crippen molar-refractivity contribution in [2.24, 2.45) is 5.41 Å². The highest BCUT2D eigenvalue weighted by atomic mass is 19.1. The standard InChI is InChI=1S/C18H23FN4O/c19-16-3-1-2-4-17(16)23-11-14(9-22-23)8-21-10-15-7-18(13-24-15)5-6-20-12-18/h1-4,9,11,15,20-21H,5-8,10,12-13H2. The maximum Gasteiger partial charge on any atom is 0.148 e. The number of para-hydroxylation sites is 1.